The SMILES string of the molecule is CC.Cc1ccc2onc(N)c2c1. The number of fused-ring (bicyclic) bond motifs is 1. The zero-order valence-electron chi connectivity index (χ0n) is 8.16. The first kappa shape index (κ1) is 9.58. The highest BCUT2D eigenvalue weighted by Crippen LogP contribution is 2.20. The van der Waals surface area contributed by atoms with Crippen molar-refractivity contribution in [1.82, 2.24) is 5.16 Å². The van der Waals surface area contributed by atoms with Crippen molar-refractivity contribution >= 4 is 16.8 Å². The molecule has 0 aliphatic heterocycles. The molecule has 2 aromatic rings. The van der Waals surface area contributed by atoms with Gasteiger partial charge in [-0.1, -0.05) is 30.6 Å². The Hall–Kier alpha value is -1.51. The Balaban J connectivity index is 0.000000396. The van der Waals surface area contributed by atoms with Crippen molar-refractivity contribution in [3.05, 3.63) is 23.8 Å². The van der Waals surface area contributed by atoms with Gasteiger partial charge in [0.2, 0.25) is 0 Å². The van der Waals surface area contributed by atoms with Crippen LogP contribution in [0.2, 0.25) is 0 Å². The third kappa shape index (κ3) is 1.80. The predicted octanol–water partition coefficient (Wildman–Crippen LogP) is 2.74. The summed E-state index contributed by atoms with van der Waals surface area (Å²) >= 11 is 0. The Morgan fingerprint density at radius 3 is 2.69 bits per heavy atom. The minimum Gasteiger partial charge on any atom is -0.380 e. The van der Waals surface area contributed by atoms with Crippen LogP contribution in [0.1, 0.15) is 19.4 Å². The molecular formula is C10H14N2O. The fourth-order valence-corrected chi connectivity index (χ4v) is 1.07. The van der Waals surface area contributed by atoms with E-state index in [-0.39, 0.29) is 0 Å². The molecule has 0 fully saturated rings. The monoisotopic (exact) mass is 178 g/mol. The number of hydrogen-bond donors (Lipinski definition) is 1. The molecule has 70 valence electrons. The normalized spacial score (nSPS) is 9.46. The van der Waals surface area contributed by atoms with E-state index in [4.69, 9.17) is 10.3 Å². The Bertz CT molecular complexity index is 393. The zero-order valence-corrected chi connectivity index (χ0v) is 8.16. The van der Waals surface area contributed by atoms with E-state index in [2.05, 4.69) is 5.16 Å². The summed E-state index contributed by atoms with van der Waals surface area (Å²) in [6, 6.07) is 5.79. The molecule has 3 nitrogen and oxygen atoms in total. The van der Waals surface area contributed by atoms with Gasteiger partial charge >= 0.3 is 0 Å². The van der Waals surface area contributed by atoms with E-state index in [0.717, 1.165) is 16.5 Å². The number of aromatic nitrogens is 1. The molecule has 0 unspecified atom stereocenters. The molecule has 1 heterocycles. The third-order valence-corrected chi connectivity index (χ3v) is 1.65. The maximum Gasteiger partial charge on any atom is 0.174 e. The van der Waals surface area contributed by atoms with Crippen LogP contribution in [0.25, 0.3) is 11.0 Å². The third-order valence-electron chi connectivity index (χ3n) is 1.65. The van der Waals surface area contributed by atoms with Crippen molar-refractivity contribution in [2.75, 3.05) is 5.73 Å². The van der Waals surface area contributed by atoms with Gasteiger partial charge in [0.05, 0.1) is 5.39 Å². The Morgan fingerprint density at radius 1 is 1.31 bits per heavy atom. The summed E-state index contributed by atoms with van der Waals surface area (Å²) in [5, 5.41) is 4.53. The van der Waals surface area contributed by atoms with Gasteiger partial charge in [-0.25, -0.2) is 0 Å². The lowest BCUT2D eigenvalue weighted by atomic mass is 10.2. The molecule has 1 aromatic carbocycles. The average molecular weight is 178 g/mol. The molecule has 13 heavy (non-hydrogen) atoms. The number of aryl methyl sites for hydroxylation is 1. The van der Waals surface area contributed by atoms with Crippen LogP contribution in [0.4, 0.5) is 5.82 Å². The minimum absolute atomic E-state index is 0.462. The molecule has 0 radical (unpaired) electrons. The first-order chi connectivity index (χ1) is 6.27. The van der Waals surface area contributed by atoms with Crippen molar-refractivity contribution < 1.29 is 4.52 Å². The molecule has 3 heteroatoms. The summed E-state index contributed by atoms with van der Waals surface area (Å²) in [6.45, 7) is 6.01. The van der Waals surface area contributed by atoms with Gasteiger partial charge in [-0.05, 0) is 19.1 Å². The lowest BCUT2D eigenvalue weighted by molar-refractivity contribution is 0.460. The van der Waals surface area contributed by atoms with Gasteiger partial charge < -0.3 is 10.3 Å². The van der Waals surface area contributed by atoms with Crippen molar-refractivity contribution in [1.29, 1.82) is 0 Å². The van der Waals surface area contributed by atoms with Gasteiger partial charge in [-0.15, -0.1) is 0 Å². The predicted molar refractivity (Wildman–Crippen MR) is 54.5 cm³/mol. The first-order valence-corrected chi connectivity index (χ1v) is 4.39. The van der Waals surface area contributed by atoms with Gasteiger partial charge in [0.25, 0.3) is 0 Å². The highest BCUT2D eigenvalue weighted by atomic mass is 16.5. The second kappa shape index (κ2) is 3.94. The van der Waals surface area contributed by atoms with Crippen LogP contribution < -0.4 is 5.73 Å². The topological polar surface area (TPSA) is 52.0 Å². The number of nitrogens with zero attached hydrogens (tertiary/aromatic N) is 1. The molecule has 1 aromatic heterocycles. The van der Waals surface area contributed by atoms with Crippen LogP contribution in [-0.2, 0) is 0 Å². The molecule has 0 aliphatic carbocycles. The maximum absolute atomic E-state index is 5.54. The summed E-state index contributed by atoms with van der Waals surface area (Å²) < 4.78 is 4.93. The van der Waals surface area contributed by atoms with Crippen LogP contribution in [0.15, 0.2) is 22.7 Å². The fourth-order valence-electron chi connectivity index (χ4n) is 1.07. The smallest absolute Gasteiger partial charge is 0.174 e. The van der Waals surface area contributed by atoms with Crippen molar-refractivity contribution in [2.45, 2.75) is 20.8 Å². The molecule has 0 bridgehead atoms. The van der Waals surface area contributed by atoms with E-state index in [1.807, 2.05) is 39.0 Å². The second-order valence-electron chi connectivity index (χ2n) is 2.57. The fraction of sp³-hybridized carbons (Fsp3) is 0.300. The molecule has 0 spiro atoms. The van der Waals surface area contributed by atoms with E-state index in [1.54, 1.807) is 0 Å². The molecule has 0 aliphatic rings. The summed E-state index contributed by atoms with van der Waals surface area (Å²) in [6.07, 6.45) is 0. The lowest BCUT2D eigenvalue weighted by Gasteiger charge is -1.89. The lowest BCUT2D eigenvalue weighted by Crippen LogP contribution is -1.83. The van der Waals surface area contributed by atoms with Crippen LogP contribution in [0.3, 0.4) is 0 Å². The summed E-state index contributed by atoms with van der Waals surface area (Å²) in [4.78, 5) is 0. The van der Waals surface area contributed by atoms with Crippen molar-refractivity contribution in [2.24, 2.45) is 0 Å². The van der Waals surface area contributed by atoms with Crippen molar-refractivity contribution in [3.8, 4) is 0 Å². The molecule has 0 atom stereocenters. The van der Waals surface area contributed by atoms with Gasteiger partial charge in [0.15, 0.2) is 11.4 Å². The number of nitrogens with two attached hydrogens (primary N) is 1. The molecule has 0 saturated heterocycles. The highest BCUT2D eigenvalue weighted by molar-refractivity contribution is 5.87. The number of anilines is 1. The maximum atomic E-state index is 5.54. The van der Waals surface area contributed by atoms with E-state index < -0.39 is 0 Å². The largest absolute Gasteiger partial charge is 0.380 e. The quantitative estimate of drug-likeness (QED) is 0.674. The minimum atomic E-state index is 0.462. The van der Waals surface area contributed by atoms with E-state index in [1.165, 1.54) is 0 Å². The highest BCUT2D eigenvalue weighted by Gasteiger charge is 2.02. The average Bonchev–Trinajstić information content (AvgIpc) is 2.52. The van der Waals surface area contributed by atoms with Crippen LogP contribution >= 0.6 is 0 Å². The standard InChI is InChI=1S/C8H8N2O.C2H6/c1-5-2-3-7-6(4-5)8(9)10-11-7;1-2/h2-4H,1H3,(H2,9,10);1-2H3. The number of rotatable bonds is 0. The molecule has 2 N–H and O–H groups in total. The number of nitrogen functional groups attached to an aromatic ring is 1. The van der Waals surface area contributed by atoms with E-state index in [0.29, 0.717) is 5.82 Å². The van der Waals surface area contributed by atoms with Gasteiger partial charge in [0, 0.05) is 0 Å². The van der Waals surface area contributed by atoms with Crippen LogP contribution in [0, 0.1) is 6.92 Å². The number of hydrogen-bond acceptors (Lipinski definition) is 3. The Morgan fingerprint density at radius 2 is 2.00 bits per heavy atom. The van der Waals surface area contributed by atoms with E-state index >= 15 is 0 Å². The van der Waals surface area contributed by atoms with Crippen molar-refractivity contribution in [3.63, 3.8) is 0 Å². The van der Waals surface area contributed by atoms with E-state index in [9.17, 15) is 0 Å². The Kier molecular flexibility index (Phi) is 2.90. The van der Waals surface area contributed by atoms with Gasteiger partial charge in [0.1, 0.15) is 0 Å². The summed E-state index contributed by atoms with van der Waals surface area (Å²) in [7, 11) is 0. The zero-order chi connectivity index (χ0) is 9.84. The molecule has 2 rings (SSSR count). The van der Waals surface area contributed by atoms with Crippen LogP contribution in [-0.4, -0.2) is 5.16 Å². The van der Waals surface area contributed by atoms with Gasteiger partial charge in [-0.3, -0.25) is 0 Å². The Labute approximate surface area is 77.5 Å². The number of benzene rings is 1. The van der Waals surface area contributed by atoms with Crippen LogP contribution in [0.5, 0.6) is 0 Å². The second-order valence-corrected chi connectivity index (χ2v) is 2.57. The van der Waals surface area contributed by atoms with Gasteiger partial charge in [-0.2, -0.15) is 0 Å². The summed E-state index contributed by atoms with van der Waals surface area (Å²) in [5.74, 6) is 0.462. The molecule has 0 amide bonds. The molecule has 0 saturated carbocycles. The summed E-state index contributed by atoms with van der Waals surface area (Å²) in [5.41, 5.74) is 7.44. The molecular weight excluding hydrogens is 164 g/mol. The first-order valence-electron chi connectivity index (χ1n) is 4.39.